The minimum Gasteiger partial charge on any atom is -0.467 e. The van der Waals surface area contributed by atoms with Gasteiger partial charge < -0.3 is 29.3 Å². The predicted octanol–water partition coefficient (Wildman–Crippen LogP) is 1.64. The van der Waals surface area contributed by atoms with E-state index in [-0.39, 0.29) is 50.1 Å². The third-order valence-electron chi connectivity index (χ3n) is 7.51. The summed E-state index contributed by atoms with van der Waals surface area (Å²) in [5, 5.41) is 10.5. The van der Waals surface area contributed by atoms with Crippen LogP contribution in [0.4, 0.5) is 4.79 Å². The highest BCUT2D eigenvalue weighted by atomic mass is 16.6. The van der Waals surface area contributed by atoms with Crippen molar-refractivity contribution >= 4 is 18.0 Å². The van der Waals surface area contributed by atoms with Gasteiger partial charge in [-0.2, -0.15) is 0 Å². The van der Waals surface area contributed by atoms with Crippen LogP contribution in [0.5, 0.6) is 0 Å². The topological polar surface area (TPSA) is 99.6 Å². The van der Waals surface area contributed by atoms with Crippen molar-refractivity contribution in [1.29, 1.82) is 0 Å². The summed E-state index contributed by atoms with van der Waals surface area (Å²) >= 11 is 0. The highest BCUT2D eigenvalue weighted by Crippen LogP contribution is 2.53. The van der Waals surface area contributed by atoms with E-state index in [1.54, 1.807) is 4.90 Å². The largest absolute Gasteiger partial charge is 0.467 e. The maximum absolute atomic E-state index is 12.9. The van der Waals surface area contributed by atoms with Crippen LogP contribution >= 0.6 is 0 Å². The number of aliphatic hydroxyl groups excluding tert-OH is 1. The van der Waals surface area contributed by atoms with Crippen LogP contribution in [-0.2, 0) is 25.7 Å². The summed E-state index contributed by atoms with van der Waals surface area (Å²) in [4.78, 5) is 43.3. The number of hydrogen-bond donors (Lipinski definition) is 1. The molecule has 1 aliphatic carbocycles. The SMILES string of the molecule is COC(=O)[C@@H](CCN1CCC2(CC2)[C@H](O)C1)N1CCN(C(=O)OCc2ccccc2)CCC1=O. The fourth-order valence-corrected chi connectivity index (χ4v) is 5.03. The Balaban J connectivity index is 1.32. The van der Waals surface area contributed by atoms with E-state index >= 15 is 0 Å². The Kier molecular flexibility index (Phi) is 7.73. The monoisotopic (exact) mass is 473 g/mol. The zero-order valence-corrected chi connectivity index (χ0v) is 19.9. The molecule has 1 aromatic carbocycles. The molecule has 2 atom stereocenters. The van der Waals surface area contributed by atoms with Gasteiger partial charge in [-0.1, -0.05) is 30.3 Å². The Morgan fingerprint density at radius 1 is 1.12 bits per heavy atom. The van der Waals surface area contributed by atoms with Crippen LogP contribution in [0.15, 0.2) is 30.3 Å². The number of esters is 1. The number of benzene rings is 1. The number of aliphatic hydroxyl groups is 1. The first kappa shape index (κ1) is 24.5. The molecule has 186 valence electrons. The molecular weight excluding hydrogens is 438 g/mol. The van der Waals surface area contributed by atoms with Gasteiger partial charge in [0.2, 0.25) is 5.91 Å². The summed E-state index contributed by atoms with van der Waals surface area (Å²) in [6.45, 7) is 3.03. The van der Waals surface area contributed by atoms with E-state index in [4.69, 9.17) is 9.47 Å². The second-order valence-corrected chi connectivity index (χ2v) is 9.62. The zero-order valence-electron chi connectivity index (χ0n) is 19.9. The fraction of sp³-hybridized carbons (Fsp3) is 0.640. The van der Waals surface area contributed by atoms with Crippen molar-refractivity contribution in [3.8, 4) is 0 Å². The van der Waals surface area contributed by atoms with E-state index in [0.29, 0.717) is 19.5 Å². The third-order valence-corrected chi connectivity index (χ3v) is 7.51. The second-order valence-electron chi connectivity index (χ2n) is 9.62. The molecular formula is C25H35N3O6. The zero-order chi connectivity index (χ0) is 24.1. The summed E-state index contributed by atoms with van der Waals surface area (Å²) in [6, 6.07) is 8.71. The number of rotatable bonds is 7. The number of methoxy groups -OCH3 is 1. The third kappa shape index (κ3) is 5.70. The lowest BCUT2D eigenvalue weighted by molar-refractivity contribution is -0.153. The standard InChI is InChI=1S/C25H35N3O6/c1-33-23(31)20(7-12-26-14-11-25(9-10-25)21(29)17-26)28-16-15-27(13-8-22(28)30)24(32)34-18-19-5-3-2-4-6-19/h2-6,20-21,29H,7-18H2,1H3/t20-,21-/m1/s1. The second kappa shape index (κ2) is 10.7. The molecule has 0 unspecified atom stereocenters. The number of carbonyl (C=O) groups is 3. The molecule has 2 amide bonds. The van der Waals surface area contributed by atoms with E-state index in [1.165, 1.54) is 12.0 Å². The minimum atomic E-state index is -0.716. The van der Waals surface area contributed by atoms with Crippen LogP contribution in [0, 0.1) is 5.41 Å². The van der Waals surface area contributed by atoms with Crippen molar-refractivity contribution in [3.63, 3.8) is 0 Å². The van der Waals surface area contributed by atoms with E-state index < -0.39 is 18.1 Å². The first-order valence-electron chi connectivity index (χ1n) is 12.2. The minimum absolute atomic E-state index is 0.123. The number of ether oxygens (including phenoxy) is 2. The van der Waals surface area contributed by atoms with Gasteiger partial charge in [-0.15, -0.1) is 0 Å². The number of likely N-dealkylation sites (tertiary alicyclic amines) is 1. The Hall–Kier alpha value is -2.65. The first-order valence-corrected chi connectivity index (χ1v) is 12.2. The van der Waals surface area contributed by atoms with Crippen molar-refractivity contribution in [2.24, 2.45) is 5.41 Å². The summed E-state index contributed by atoms with van der Waals surface area (Å²) in [7, 11) is 1.33. The molecule has 0 bridgehead atoms. The molecule has 1 aromatic rings. The Morgan fingerprint density at radius 3 is 2.56 bits per heavy atom. The maximum atomic E-state index is 12.9. The first-order chi connectivity index (χ1) is 16.4. The number of hydrogen-bond acceptors (Lipinski definition) is 7. The molecule has 9 nitrogen and oxygen atoms in total. The average molecular weight is 474 g/mol. The molecule has 2 aliphatic heterocycles. The summed E-state index contributed by atoms with van der Waals surface area (Å²) < 4.78 is 10.4. The Bertz CT molecular complexity index is 875. The van der Waals surface area contributed by atoms with Gasteiger partial charge in [-0.25, -0.2) is 9.59 Å². The number of piperidine rings is 1. The summed E-state index contributed by atoms with van der Waals surface area (Å²) in [5.74, 6) is -0.631. The van der Waals surface area contributed by atoms with Crippen LogP contribution in [0.3, 0.4) is 0 Å². The average Bonchev–Trinajstić information content (AvgIpc) is 3.66. The van der Waals surface area contributed by atoms with Gasteiger partial charge in [0, 0.05) is 39.1 Å². The molecule has 3 aliphatic rings. The van der Waals surface area contributed by atoms with Gasteiger partial charge in [0.25, 0.3) is 0 Å². The van der Waals surface area contributed by atoms with Gasteiger partial charge in [-0.3, -0.25) is 4.79 Å². The lowest BCUT2D eigenvalue weighted by atomic mass is 9.90. The molecule has 3 fully saturated rings. The van der Waals surface area contributed by atoms with Crippen molar-refractivity contribution in [2.75, 3.05) is 46.4 Å². The number of β-amino-alcohol motifs (C(OH)–C–C–N with tert-alkyl or cyclic N) is 1. The van der Waals surface area contributed by atoms with Gasteiger partial charge in [0.15, 0.2) is 0 Å². The molecule has 0 radical (unpaired) electrons. The molecule has 2 heterocycles. The molecule has 1 N–H and O–H groups in total. The van der Waals surface area contributed by atoms with Crippen LogP contribution < -0.4 is 0 Å². The maximum Gasteiger partial charge on any atom is 0.410 e. The number of carbonyl (C=O) groups excluding carboxylic acids is 3. The smallest absolute Gasteiger partial charge is 0.410 e. The molecule has 0 aromatic heterocycles. The highest BCUT2D eigenvalue weighted by Gasteiger charge is 2.51. The molecule has 34 heavy (non-hydrogen) atoms. The van der Waals surface area contributed by atoms with Crippen LogP contribution in [-0.4, -0.2) is 96.3 Å². The fourth-order valence-electron chi connectivity index (χ4n) is 5.03. The molecule has 4 rings (SSSR count). The summed E-state index contributed by atoms with van der Waals surface area (Å²) in [5.41, 5.74) is 1.02. The van der Waals surface area contributed by atoms with Crippen molar-refractivity contribution in [2.45, 2.75) is 50.9 Å². The Labute approximate surface area is 200 Å². The van der Waals surface area contributed by atoms with E-state index in [1.807, 2.05) is 30.3 Å². The van der Waals surface area contributed by atoms with Gasteiger partial charge in [0.05, 0.1) is 13.2 Å². The quantitative estimate of drug-likeness (QED) is 0.601. The molecule has 2 saturated heterocycles. The van der Waals surface area contributed by atoms with Gasteiger partial charge in [0.1, 0.15) is 12.6 Å². The lowest BCUT2D eigenvalue weighted by Crippen LogP contribution is -2.50. The van der Waals surface area contributed by atoms with E-state index in [2.05, 4.69) is 4.90 Å². The lowest BCUT2D eigenvalue weighted by Gasteiger charge is -2.37. The van der Waals surface area contributed by atoms with Crippen LogP contribution in [0.1, 0.15) is 37.7 Å². The molecule has 1 saturated carbocycles. The normalized spacial score (nSPS) is 23.4. The van der Waals surface area contributed by atoms with Gasteiger partial charge in [-0.05, 0) is 43.2 Å². The van der Waals surface area contributed by atoms with E-state index in [0.717, 1.165) is 31.4 Å². The number of amides is 2. The molecule has 1 spiro atoms. The van der Waals surface area contributed by atoms with Gasteiger partial charge >= 0.3 is 12.1 Å². The highest BCUT2D eigenvalue weighted by molar-refractivity contribution is 5.85. The predicted molar refractivity (Wildman–Crippen MR) is 124 cm³/mol. The van der Waals surface area contributed by atoms with Crippen molar-refractivity contribution in [1.82, 2.24) is 14.7 Å². The van der Waals surface area contributed by atoms with Crippen LogP contribution in [0.25, 0.3) is 0 Å². The van der Waals surface area contributed by atoms with E-state index in [9.17, 15) is 19.5 Å². The Morgan fingerprint density at radius 2 is 1.88 bits per heavy atom. The van der Waals surface area contributed by atoms with Crippen molar-refractivity contribution < 1.29 is 29.0 Å². The van der Waals surface area contributed by atoms with Crippen molar-refractivity contribution in [3.05, 3.63) is 35.9 Å². The van der Waals surface area contributed by atoms with Crippen LogP contribution in [0.2, 0.25) is 0 Å². The molecule has 9 heteroatoms. The number of nitrogens with zero attached hydrogens (tertiary/aromatic N) is 3. The summed E-state index contributed by atoms with van der Waals surface area (Å²) in [6.07, 6.45) is 2.92.